The van der Waals surface area contributed by atoms with E-state index >= 15 is 0 Å². The van der Waals surface area contributed by atoms with Gasteiger partial charge in [0.05, 0.1) is 19.1 Å². The number of nitrogens with one attached hydrogen (secondary N) is 1. The number of carbonyl (C=O) groups is 1. The molecule has 4 heteroatoms. The van der Waals surface area contributed by atoms with E-state index in [2.05, 4.69) is 5.32 Å². The Balaban J connectivity index is 1.85. The van der Waals surface area contributed by atoms with E-state index in [0.29, 0.717) is 19.3 Å². The van der Waals surface area contributed by atoms with Crippen molar-refractivity contribution in [3.05, 3.63) is 0 Å². The Bertz CT molecular complexity index is 236. The summed E-state index contributed by atoms with van der Waals surface area (Å²) in [6, 6.07) is 0.511. The zero-order chi connectivity index (χ0) is 11.4. The standard InChI is InChI=1S/C12H21NO3/c14-12(15)10-7-16-8-11(10)13-9-5-3-1-2-4-6-9/h9-11,13H,1-8H2,(H,14,15). The van der Waals surface area contributed by atoms with Crippen LogP contribution in [0.2, 0.25) is 0 Å². The molecule has 2 fully saturated rings. The maximum absolute atomic E-state index is 11.0. The number of carboxylic acids is 1. The highest BCUT2D eigenvalue weighted by atomic mass is 16.5. The average molecular weight is 227 g/mol. The van der Waals surface area contributed by atoms with Crippen LogP contribution in [0.15, 0.2) is 0 Å². The van der Waals surface area contributed by atoms with Crippen molar-refractivity contribution in [2.45, 2.75) is 50.6 Å². The minimum Gasteiger partial charge on any atom is -0.481 e. The highest BCUT2D eigenvalue weighted by Crippen LogP contribution is 2.21. The fourth-order valence-electron chi connectivity index (χ4n) is 2.71. The van der Waals surface area contributed by atoms with Gasteiger partial charge in [-0.1, -0.05) is 25.7 Å². The maximum Gasteiger partial charge on any atom is 0.310 e. The molecule has 0 radical (unpaired) electrons. The van der Waals surface area contributed by atoms with Gasteiger partial charge < -0.3 is 15.2 Å². The van der Waals surface area contributed by atoms with Crippen molar-refractivity contribution in [3.63, 3.8) is 0 Å². The Morgan fingerprint density at radius 3 is 2.44 bits per heavy atom. The van der Waals surface area contributed by atoms with E-state index in [1.54, 1.807) is 0 Å². The van der Waals surface area contributed by atoms with E-state index in [4.69, 9.17) is 9.84 Å². The van der Waals surface area contributed by atoms with Crippen LogP contribution in [0.4, 0.5) is 0 Å². The van der Waals surface area contributed by atoms with Crippen LogP contribution >= 0.6 is 0 Å². The Morgan fingerprint density at radius 2 is 1.81 bits per heavy atom. The van der Waals surface area contributed by atoms with Gasteiger partial charge in [0.2, 0.25) is 0 Å². The van der Waals surface area contributed by atoms with Gasteiger partial charge in [0.1, 0.15) is 0 Å². The molecule has 2 N–H and O–H groups in total. The molecule has 0 bridgehead atoms. The van der Waals surface area contributed by atoms with Gasteiger partial charge in [-0.25, -0.2) is 0 Å². The number of hydrogen-bond donors (Lipinski definition) is 2. The van der Waals surface area contributed by atoms with Gasteiger partial charge in [-0.2, -0.15) is 0 Å². The van der Waals surface area contributed by atoms with Crippen molar-refractivity contribution in [1.82, 2.24) is 5.32 Å². The summed E-state index contributed by atoms with van der Waals surface area (Å²) in [5, 5.41) is 12.5. The summed E-state index contributed by atoms with van der Waals surface area (Å²) >= 11 is 0. The van der Waals surface area contributed by atoms with Gasteiger partial charge in [-0.3, -0.25) is 4.79 Å². The summed E-state index contributed by atoms with van der Waals surface area (Å²) in [7, 11) is 0. The summed E-state index contributed by atoms with van der Waals surface area (Å²) in [6.45, 7) is 0.910. The van der Waals surface area contributed by atoms with Crippen LogP contribution in [-0.4, -0.2) is 36.4 Å². The van der Waals surface area contributed by atoms with E-state index in [9.17, 15) is 4.79 Å². The Kier molecular flexibility index (Phi) is 4.18. The molecule has 1 heterocycles. The molecule has 0 aromatic carbocycles. The van der Waals surface area contributed by atoms with E-state index < -0.39 is 5.97 Å². The van der Waals surface area contributed by atoms with Crippen molar-refractivity contribution < 1.29 is 14.6 Å². The molecule has 16 heavy (non-hydrogen) atoms. The van der Waals surface area contributed by atoms with Crippen LogP contribution in [0.1, 0.15) is 38.5 Å². The predicted molar refractivity (Wildman–Crippen MR) is 60.4 cm³/mol. The molecule has 1 saturated heterocycles. The van der Waals surface area contributed by atoms with Crippen molar-refractivity contribution in [1.29, 1.82) is 0 Å². The zero-order valence-electron chi connectivity index (χ0n) is 9.65. The number of hydrogen-bond acceptors (Lipinski definition) is 3. The maximum atomic E-state index is 11.0. The highest BCUT2D eigenvalue weighted by Gasteiger charge is 2.35. The Labute approximate surface area is 96.4 Å². The molecule has 2 unspecified atom stereocenters. The van der Waals surface area contributed by atoms with E-state index in [-0.39, 0.29) is 12.0 Å². The molecular weight excluding hydrogens is 206 g/mol. The van der Waals surface area contributed by atoms with Crippen LogP contribution < -0.4 is 5.32 Å². The van der Waals surface area contributed by atoms with Crippen LogP contribution in [0.25, 0.3) is 0 Å². The van der Waals surface area contributed by atoms with Gasteiger partial charge in [0.15, 0.2) is 0 Å². The quantitative estimate of drug-likeness (QED) is 0.715. The molecule has 0 spiro atoms. The highest BCUT2D eigenvalue weighted by molar-refractivity contribution is 5.71. The molecule has 2 aliphatic rings. The van der Waals surface area contributed by atoms with E-state index in [1.807, 2.05) is 0 Å². The molecule has 0 aromatic rings. The molecule has 0 amide bonds. The predicted octanol–water partition coefficient (Wildman–Crippen LogP) is 1.40. The second-order valence-electron chi connectivity index (χ2n) is 4.94. The minimum absolute atomic E-state index is 0.0144. The monoisotopic (exact) mass is 227 g/mol. The van der Waals surface area contributed by atoms with Gasteiger partial charge in [-0.15, -0.1) is 0 Å². The lowest BCUT2D eigenvalue weighted by atomic mass is 10.0. The number of ether oxygens (including phenoxy) is 1. The van der Waals surface area contributed by atoms with Crippen LogP contribution in [0.3, 0.4) is 0 Å². The second-order valence-corrected chi connectivity index (χ2v) is 4.94. The van der Waals surface area contributed by atoms with Gasteiger partial charge >= 0.3 is 5.97 Å². The first kappa shape index (κ1) is 11.9. The molecule has 2 atom stereocenters. The lowest BCUT2D eigenvalue weighted by Gasteiger charge is -2.23. The smallest absolute Gasteiger partial charge is 0.310 e. The van der Waals surface area contributed by atoms with E-state index in [0.717, 1.165) is 0 Å². The summed E-state index contributed by atoms with van der Waals surface area (Å²) in [6.07, 6.45) is 7.54. The Morgan fingerprint density at radius 1 is 1.12 bits per heavy atom. The third kappa shape index (κ3) is 2.95. The molecule has 4 nitrogen and oxygen atoms in total. The summed E-state index contributed by atoms with van der Waals surface area (Å²) in [5.74, 6) is -1.09. The van der Waals surface area contributed by atoms with Crippen molar-refractivity contribution in [3.8, 4) is 0 Å². The normalized spacial score (nSPS) is 32.5. The summed E-state index contributed by atoms with van der Waals surface area (Å²) in [5.41, 5.74) is 0. The lowest BCUT2D eigenvalue weighted by molar-refractivity contribution is -0.142. The molecule has 2 rings (SSSR count). The lowest BCUT2D eigenvalue weighted by Crippen LogP contribution is -2.44. The molecule has 1 aliphatic heterocycles. The average Bonchev–Trinajstić information content (AvgIpc) is 2.55. The van der Waals surface area contributed by atoms with Crippen molar-refractivity contribution in [2.75, 3.05) is 13.2 Å². The second kappa shape index (κ2) is 5.64. The molecule has 92 valence electrons. The topological polar surface area (TPSA) is 58.6 Å². The number of carboxylic acid groups (broad SMARTS) is 1. The Hall–Kier alpha value is -0.610. The summed E-state index contributed by atoms with van der Waals surface area (Å²) < 4.78 is 5.26. The van der Waals surface area contributed by atoms with Gasteiger partial charge in [0, 0.05) is 12.1 Å². The van der Waals surface area contributed by atoms with Gasteiger partial charge in [0.25, 0.3) is 0 Å². The van der Waals surface area contributed by atoms with Crippen LogP contribution in [-0.2, 0) is 9.53 Å². The first-order chi connectivity index (χ1) is 7.77. The molecule has 1 saturated carbocycles. The largest absolute Gasteiger partial charge is 0.481 e. The zero-order valence-corrected chi connectivity index (χ0v) is 9.65. The van der Waals surface area contributed by atoms with Gasteiger partial charge in [-0.05, 0) is 12.8 Å². The third-order valence-electron chi connectivity index (χ3n) is 3.70. The molecule has 0 aromatic heterocycles. The summed E-state index contributed by atoms with van der Waals surface area (Å²) in [4.78, 5) is 11.0. The van der Waals surface area contributed by atoms with E-state index in [1.165, 1.54) is 38.5 Å². The van der Waals surface area contributed by atoms with Crippen molar-refractivity contribution in [2.24, 2.45) is 5.92 Å². The first-order valence-corrected chi connectivity index (χ1v) is 6.34. The fraction of sp³-hybridized carbons (Fsp3) is 0.917. The molecular formula is C12H21NO3. The van der Waals surface area contributed by atoms with Crippen molar-refractivity contribution >= 4 is 5.97 Å². The first-order valence-electron chi connectivity index (χ1n) is 6.34. The van der Waals surface area contributed by atoms with Crippen LogP contribution in [0, 0.1) is 5.92 Å². The SMILES string of the molecule is O=C(O)C1COCC1NC1CCCCCC1. The minimum atomic E-state index is -0.733. The third-order valence-corrected chi connectivity index (χ3v) is 3.70. The molecule has 1 aliphatic carbocycles. The van der Waals surface area contributed by atoms with Crippen LogP contribution in [0.5, 0.6) is 0 Å². The number of rotatable bonds is 3. The number of aliphatic carboxylic acids is 1. The fourth-order valence-corrected chi connectivity index (χ4v) is 2.71.